The Hall–Kier alpha value is -0.940. The highest BCUT2D eigenvalue weighted by Crippen LogP contribution is 2.43. The fraction of sp³-hybridized carbons (Fsp3) is 0.867. The molecule has 0 amide bonds. The molecule has 2 N–H and O–H groups in total. The second-order valence-corrected chi connectivity index (χ2v) is 6.35. The standard InChI is InChI=1S/C15H25N3O2/c1-19-12(11-6-7-11)13-17-14(20-18-13)15(10-16)8-4-2-3-5-9-15/h11-12H,2-10,16H2,1H3. The van der Waals surface area contributed by atoms with E-state index in [4.69, 9.17) is 15.0 Å². The third kappa shape index (κ3) is 2.61. The van der Waals surface area contributed by atoms with E-state index in [2.05, 4.69) is 10.1 Å². The molecule has 20 heavy (non-hydrogen) atoms. The molecule has 2 aliphatic carbocycles. The van der Waals surface area contributed by atoms with Crippen molar-refractivity contribution in [1.29, 1.82) is 0 Å². The molecule has 112 valence electrons. The van der Waals surface area contributed by atoms with Crippen LogP contribution in [0.1, 0.15) is 69.2 Å². The van der Waals surface area contributed by atoms with Crippen LogP contribution < -0.4 is 5.73 Å². The summed E-state index contributed by atoms with van der Waals surface area (Å²) in [5.74, 6) is 2.01. The van der Waals surface area contributed by atoms with Gasteiger partial charge in [-0.2, -0.15) is 4.98 Å². The second-order valence-electron chi connectivity index (χ2n) is 6.35. The molecule has 1 atom stereocenters. The number of rotatable bonds is 5. The van der Waals surface area contributed by atoms with Gasteiger partial charge in [0.05, 0.1) is 5.41 Å². The summed E-state index contributed by atoms with van der Waals surface area (Å²) in [6, 6.07) is 0. The topological polar surface area (TPSA) is 74.2 Å². The van der Waals surface area contributed by atoms with Crippen molar-refractivity contribution in [1.82, 2.24) is 10.1 Å². The zero-order chi connectivity index (χ0) is 14.0. The van der Waals surface area contributed by atoms with E-state index >= 15 is 0 Å². The molecule has 1 aromatic rings. The predicted octanol–water partition coefficient (Wildman–Crippen LogP) is 2.72. The highest BCUT2D eigenvalue weighted by molar-refractivity contribution is 5.09. The average Bonchev–Trinajstić information content (AvgIpc) is 3.23. The summed E-state index contributed by atoms with van der Waals surface area (Å²) in [6.45, 7) is 0.593. The van der Waals surface area contributed by atoms with E-state index in [0.717, 1.165) is 18.7 Å². The van der Waals surface area contributed by atoms with Crippen LogP contribution in [-0.2, 0) is 10.2 Å². The summed E-state index contributed by atoms with van der Waals surface area (Å²) < 4.78 is 11.1. The van der Waals surface area contributed by atoms with Gasteiger partial charge >= 0.3 is 0 Å². The van der Waals surface area contributed by atoms with Gasteiger partial charge in [-0.3, -0.25) is 0 Å². The number of hydrogen-bond donors (Lipinski definition) is 1. The maximum absolute atomic E-state index is 6.07. The van der Waals surface area contributed by atoms with E-state index in [1.807, 2.05) is 0 Å². The van der Waals surface area contributed by atoms with Gasteiger partial charge in [0, 0.05) is 13.7 Å². The van der Waals surface area contributed by atoms with Crippen molar-refractivity contribution in [2.24, 2.45) is 11.7 Å². The van der Waals surface area contributed by atoms with Gasteiger partial charge in [-0.25, -0.2) is 0 Å². The highest BCUT2D eigenvalue weighted by atomic mass is 16.5. The predicted molar refractivity (Wildman–Crippen MR) is 75.2 cm³/mol. The van der Waals surface area contributed by atoms with Crippen molar-refractivity contribution in [3.8, 4) is 0 Å². The Balaban J connectivity index is 1.83. The minimum absolute atomic E-state index is 0.00639. The van der Waals surface area contributed by atoms with E-state index < -0.39 is 0 Å². The first kappa shape index (κ1) is 14.0. The van der Waals surface area contributed by atoms with Gasteiger partial charge in [-0.05, 0) is 31.6 Å². The van der Waals surface area contributed by atoms with Crippen molar-refractivity contribution in [2.45, 2.75) is 62.9 Å². The Morgan fingerprint density at radius 2 is 2.00 bits per heavy atom. The highest BCUT2D eigenvalue weighted by Gasteiger charge is 2.40. The molecule has 0 aliphatic heterocycles. The van der Waals surface area contributed by atoms with Gasteiger partial charge in [0.25, 0.3) is 0 Å². The molecule has 2 aliphatic rings. The fourth-order valence-electron chi connectivity index (χ4n) is 3.38. The molecule has 0 spiro atoms. The van der Waals surface area contributed by atoms with Crippen LogP contribution in [0.15, 0.2) is 4.52 Å². The molecule has 5 nitrogen and oxygen atoms in total. The van der Waals surface area contributed by atoms with Crippen LogP contribution in [0.5, 0.6) is 0 Å². The van der Waals surface area contributed by atoms with Gasteiger partial charge in [-0.1, -0.05) is 30.8 Å². The normalized spacial score (nSPS) is 24.3. The lowest BCUT2D eigenvalue weighted by molar-refractivity contribution is 0.0751. The molecule has 2 saturated carbocycles. The van der Waals surface area contributed by atoms with Crippen LogP contribution in [0.4, 0.5) is 0 Å². The van der Waals surface area contributed by atoms with Crippen LogP contribution >= 0.6 is 0 Å². The van der Waals surface area contributed by atoms with Crippen LogP contribution in [0.3, 0.4) is 0 Å². The molecule has 3 rings (SSSR count). The number of nitrogens with two attached hydrogens (primary N) is 1. The second kappa shape index (κ2) is 5.82. The monoisotopic (exact) mass is 279 g/mol. The summed E-state index contributed by atoms with van der Waals surface area (Å²) in [6.07, 6.45) is 9.48. The summed E-state index contributed by atoms with van der Waals surface area (Å²) in [4.78, 5) is 4.67. The van der Waals surface area contributed by atoms with Crippen molar-refractivity contribution < 1.29 is 9.26 Å². The van der Waals surface area contributed by atoms with Crippen LogP contribution in [0, 0.1) is 5.92 Å². The number of methoxy groups -OCH3 is 1. The Bertz CT molecular complexity index is 434. The zero-order valence-electron chi connectivity index (χ0n) is 12.3. The molecule has 0 bridgehead atoms. The number of hydrogen-bond acceptors (Lipinski definition) is 5. The minimum atomic E-state index is -0.108. The van der Waals surface area contributed by atoms with E-state index in [-0.39, 0.29) is 11.5 Å². The molecule has 1 unspecified atom stereocenters. The van der Waals surface area contributed by atoms with Gasteiger partial charge < -0.3 is 15.0 Å². The maximum Gasteiger partial charge on any atom is 0.234 e. The Kier molecular flexibility index (Phi) is 4.08. The molecular formula is C15H25N3O2. The first-order chi connectivity index (χ1) is 9.79. The van der Waals surface area contributed by atoms with Crippen molar-refractivity contribution in [2.75, 3.05) is 13.7 Å². The molecule has 2 fully saturated rings. The van der Waals surface area contributed by atoms with E-state index in [1.54, 1.807) is 7.11 Å². The van der Waals surface area contributed by atoms with Crippen LogP contribution in [0.25, 0.3) is 0 Å². The quantitative estimate of drug-likeness (QED) is 0.839. The fourth-order valence-corrected chi connectivity index (χ4v) is 3.38. The summed E-state index contributed by atoms with van der Waals surface area (Å²) in [5, 5.41) is 4.18. The minimum Gasteiger partial charge on any atom is -0.373 e. The van der Waals surface area contributed by atoms with E-state index in [0.29, 0.717) is 18.3 Å². The lowest BCUT2D eigenvalue weighted by Gasteiger charge is -2.26. The maximum atomic E-state index is 6.07. The number of ether oxygens (including phenoxy) is 1. The molecule has 5 heteroatoms. The molecule has 0 radical (unpaired) electrons. The number of aromatic nitrogens is 2. The Morgan fingerprint density at radius 3 is 2.55 bits per heavy atom. The molecule has 0 saturated heterocycles. The van der Waals surface area contributed by atoms with E-state index in [1.165, 1.54) is 38.5 Å². The summed E-state index contributed by atoms with van der Waals surface area (Å²) >= 11 is 0. The van der Waals surface area contributed by atoms with Gasteiger partial charge in [-0.15, -0.1) is 0 Å². The van der Waals surface area contributed by atoms with Gasteiger partial charge in [0.1, 0.15) is 6.10 Å². The summed E-state index contributed by atoms with van der Waals surface area (Å²) in [5.41, 5.74) is 5.96. The molecule has 0 aromatic carbocycles. The SMILES string of the molecule is COC(c1noc(C2(CN)CCCCCC2)n1)C1CC1. The largest absolute Gasteiger partial charge is 0.373 e. The van der Waals surface area contributed by atoms with Crippen molar-refractivity contribution in [3.63, 3.8) is 0 Å². The molecule has 1 aromatic heterocycles. The van der Waals surface area contributed by atoms with Crippen LogP contribution in [-0.4, -0.2) is 23.8 Å². The van der Waals surface area contributed by atoms with Gasteiger partial charge in [0.15, 0.2) is 0 Å². The average molecular weight is 279 g/mol. The zero-order valence-corrected chi connectivity index (χ0v) is 12.3. The number of nitrogens with zero attached hydrogens (tertiary/aromatic N) is 2. The lowest BCUT2D eigenvalue weighted by Crippen LogP contribution is -2.35. The first-order valence-electron chi connectivity index (χ1n) is 7.86. The third-order valence-electron chi connectivity index (χ3n) is 4.91. The Labute approximate surface area is 120 Å². The van der Waals surface area contributed by atoms with E-state index in [9.17, 15) is 0 Å². The third-order valence-corrected chi connectivity index (χ3v) is 4.91. The summed E-state index contributed by atoms with van der Waals surface area (Å²) in [7, 11) is 1.73. The lowest BCUT2D eigenvalue weighted by atomic mass is 9.80. The van der Waals surface area contributed by atoms with Crippen LogP contribution in [0.2, 0.25) is 0 Å². The van der Waals surface area contributed by atoms with Crippen molar-refractivity contribution >= 4 is 0 Å². The smallest absolute Gasteiger partial charge is 0.234 e. The first-order valence-corrected chi connectivity index (χ1v) is 7.86. The molecular weight excluding hydrogens is 254 g/mol. The van der Waals surface area contributed by atoms with Crippen molar-refractivity contribution in [3.05, 3.63) is 11.7 Å². The molecule has 1 heterocycles. The Morgan fingerprint density at radius 1 is 1.30 bits per heavy atom. The van der Waals surface area contributed by atoms with Gasteiger partial charge in [0.2, 0.25) is 11.7 Å².